The van der Waals surface area contributed by atoms with Gasteiger partial charge >= 0.3 is 5.69 Å². The Kier molecular flexibility index (Phi) is 5.47. The smallest absolute Gasteiger partial charge is 0.312 e. The lowest BCUT2D eigenvalue weighted by atomic mass is 10.0. The van der Waals surface area contributed by atoms with E-state index in [2.05, 4.69) is 15.9 Å². The SMILES string of the molecule is CCC(C)C(=O)COc1c(C)cc(Br)cc1[N+](=O)[O-]. The second-order valence-electron chi connectivity index (χ2n) is 4.39. The van der Waals surface area contributed by atoms with Crippen LogP contribution in [0.5, 0.6) is 5.75 Å². The predicted molar refractivity (Wildman–Crippen MR) is 75.5 cm³/mol. The lowest BCUT2D eigenvalue weighted by Crippen LogP contribution is -2.19. The van der Waals surface area contributed by atoms with Crippen LogP contribution in [-0.4, -0.2) is 17.3 Å². The van der Waals surface area contributed by atoms with Gasteiger partial charge in [0.1, 0.15) is 6.61 Å². The van der Waals surface area contributed by atoms with Gasteiger partial charge in [-0.15, -0.1) is 0 Å². The summed E-state index contributed by atoms with van der Waals surface area (Å²) in [6, 6.07) is 3.09. The number of hydrogen-bond donors (Lipinski definition) is 0. The zero-order valence-corrected chi connectivity index (χ0v) is 12.7. The maximum Gasteiger partial charge on any atom is 0.312 e. The third kappa shape index (κ3) is 4.02. The van der Waals surface area contributed by atoms with Gasteiger partial charge in [-0.05, 0) is 25.0 Å². The van der Waals surface area contributed by atoms with Crippen LogP contribution in [0.2, 0.25) is 0 Å². The molecule has 19 heavy (non-hydrogen) atoms. The van der Waals surface area contributed by atoms with E-state index < -0.39 is 4.92 Å². The first-order valence-electron chi connectivity index (χ1n) is 5.96. The Balaban J connectivity index is 2.95. The first kappa shape index (κ1) is 15.6. The zero-order chi connectivity index (χ0) is 14.6. The summed E-state index contributed by atoms with van der Waals surface area (Å²) in [6.45, 7) is 5.30. The molecule has 0 saturated heterocycles. The highest BCUT2D eigenvalue weighted by Gasteiger charge is 2.20. The maximum absolute atomic E-state index is 11.7. The van der Waals surface area contributed by atoms with Gasteiger partial charge in [0, 0.05) is 16.5 Å². The van der Waals surface area contributed by atoms with E-state index in [9.17, 15) is 14.9 Å². The Bertz CT molecular complexity index is 502. The van der Waals surface area contributed by atoms with E-state index in [1.807, 2.05) is 13.8 Å². The van der Waals surface area contributed by atoms with Gasteiger partial charge in [0.25, 0.3) is 0 Å². The Morgan fingerprint density at radius 1 is 1.53 bits per heavy atom. The molecule has 0 spiro atoms. The number of aryl methyl sites for hydroxylation is 1. The number of nitro benzene ring substituents is 1. The first-order chi connectivity index (χ1) is 8.86. The van der Waals surface area contributed by atoms with Crippen molar-refractivity contribution in [1.82, 2.24) is 0 Å². The number of ketones is 1. The molecule has 1 atom stereocenters. The largest absolute Gasteiger partial charge is 0.479 e. The minimum atomic E-state index is -0.513. The normalized spacial score (nSPS) is 12.0. The number of carbonyl (C=O) groups is 1. The molecule has 104 valence electrons. The number of nitrogens with zero attached hydrogens (tertiary/aromatic N) is 1. The maximum atomic E-state index is 11.7. The van der Waals surface area contributed by atoms with Gasteiger partial charge in [0.05, 0.1) is 4.92 Å². The van der Waals surface area contributed by atoms with Crippen molar-refractivity contribution >= 4 is 27.4 Å². The van der Waals surface area contributed by atoms with Crippen molar-refractivity contribution in [3.63, 3.8) is 0 Å². The van der Waals surface area contributed by atoms with Crippen LogP contribution in [0.15, 0.2) is 16.6 Å². The molecule has 0 bridgehead atoms. The summed E-state index contributed by atoms with van der Waals surface area (Å²) in [6.07, 6.45) is 0.726. The fraction of sp³-hybridized carbons (Fsp3) is 0.462. The molecular weight excluding hydrogens is 314 g/mol. The monoisotopic (exact) mass is 329 g/mol. The van der Waals surface area contributed by atoms with E-state index in [0.717, 1.165) is 6.42 Å². The predicted octanol–water partition coefficient (Wildman–Crippen LogP) is 3.66. The van der Waals surface area contributed by atoms with Crippen LogP contribution in [0.25, 0.3) is 0 Å². The number of rotatable bonds is 6. The quantitative estimate of drug-likeness (QED) is 0.589. The molecule has 0 amide bonds. The van der Waals surface area contributed by atoms with Crippen molar-refractivity contribution in [2.45, 2.75) is 27.2 Å². The topological polar surface area (TPSA) is 69.4 Å². The molecule has 0 aliphatic heterocycles. The Labute approximate surface area is 120 Å². The number of benzene rings is 1. The molecule has 5 nitrogen and oxygen atoms in total. The van der Waals surface area contributed by atoms with Gasteiger partial charge in [0.15, 0.2) is 5.78 Å². The molecule has 0 radical (unpaired) electrons. The van der Waals surface area contributed by atoms with Crippen LogP contribution in [0.4, 0.5) is 5.69 Å². The molecule has 0 N–H and O–H groups in total. The lowest BCUT2D eigenvalue weighted by Gasteiger charge is -2.11. The second-order valence-corrected chi connectivity index (χ2v) is 5.31. The molecule has 1 aromatic carbocycles. The zero-order valence-electron chi connectivity index (χ0n) is 11.1. The van der Waals surface area contributed by atoms with E-state index in [1.54, 1.807) is 13.0 Å². The van der Waals surface area contributed by atoms with Crippen LogP contribution in [0.1, 0.15) is 25.8 Å². The minimum absolute atomic E-state index is 0.0564. The summed E-state index contributed by atoms with van der Waals surface area (Å²) < 4.78 is 5.97. The van der Waals surface area contributed by atoms with E-state index in [4.69, 9.17) is 4.74 Å². The number of ether oxygens (including phenoxy) is 1. The van der Waals surface area contributed by atoms with E-state index in [0.29, 0.717) is 10.0 Å². The molecule has 0 aliphatic rings. The van der Waals surface area contributed by atoms with Gasteiger partial charge in [-0.25, -0.2) is 0 Å². The van der Waals surface area contributed by atoms with Crippen molar-refractivity contribution in [2.75, 3.05) is 6.61 Å². The van der Waals surface area contributed by atoms with Crippen molar-refractivity contribution < 1.29 is 14.5 Å². The second kappa shape index (κ2) is 6.65. The minimum Gasteiger partial charge on any atom is -0.479 e. The number of halogens is 1. The van der Waals surface area contributed by atoms with Crippen LogP contribution in [-0.2, 0) is 4.79 Å². The van der Waals surface area contributed by atoms with Crippen molar-refractivity contribution in [2.24, 2.45) is 5.92 Å². The fourth-order valence-electron chi connectivity index (χ4n) is 1.55. The van der Waals surface area contributed by atoms with Crippen LogP contribution >= 0.6 is 15.9 Å². The third-order valence-electron chi connectivity index (χ3n) is 2.94. The summed E-state index contributed by atoms with van der Waals surface area (Å²) in [5, 5.41) is 11.0. The molecule has 0 fully saturated rings. The molecule has 6 heteroatoms. The van der Waals surface area contributed by atoms with E-state index in [1.165, 1.54) is 6.07 Å². The lowest BCUT2D eigenvalue weighted by molar-refractivity contribution is -0.385. The van der Waals surface area contributed by atoms with Crippen molar-refractivity contribution in [3.8, 4) is 5.75 Å². The summed E-state index contributed by atoms with van der Waals surface area (Å²) >= 11 is 3.20. The molecule has 1 rings (SSSR count). The summed E-state index contributed by atoms with van der Waals surface area (Å²) in [5.41, 5.74) is 0.488. The highest BCUT2D eigenvalue weighted by atomic mass is 79.9. The van der Waals surface area contributed by atoms with Gasteiger partial charge in [-0.2, -0.15) is 0 Å². The van der Waals surface area contributed by atoms with Crippen molar-refractivity contribution in [3.05, 3.63) is 32.3 Å². The highest BCUT2D eigenvalue weighted by Crippen LogP contribution is 2.34. The summed E-state index contributed by atoms with van der Waals surface area (Å²) in [4.78, 5) is 22.2. The Morgan fingerprint density at radius 3 is 2.68 bits per heavy atom. The molecule has 0 aliphatic carbocycles. The van der Waals surface area contributed by atoms with Gasteiger partial charge in [-0.3, -0.25) is 14.9 Å². The van der Waals surface area contributed by atoms with Gasteiger partial charge in [-0.1, -0.05) is 29.8 Å². The molecular formula is C13H16BrNO4. The standard InChI is InChI=1S/C13H16BrNO4/c1-4-8(2)12(16)7-19-13-9(3)5-10(14)6-11(13)15(17)18/h5-6,8H,4,7H2,1-3H3. The van der Waals surface area contributed by atoms with Crippen molar-refractivity contribution in [1.29, 1.82) is 0 Å². The Morgan fingerprint density at radius 2 is 2.16 bits per heavy atom. The van der Waals surface area contributed by atoms with E-state index in [-0.39, 0.29) is 29.7 Å². The first-order valence-corrected chi connectivity index (χ1v) is 6.76. The van der Waals surface area contributed by atoms with Crippen LogP contribution < -0.4 is 4.74 Å². The molecule has 0 aromatic heterocycles. The number of Topliss-reactive ketones (excluding diaryl/α,β-unsaturated/α-hetero) is 1. The van der Waals surface area contributed by atoms with Gasteiger partial charge in [0.2, 0.25) is 5.75 Å². The highest BCUT2D eigenvalue weighted by molar-refractivity contribution is 9.10. The molecule has 0 heterocycles. The fourth-order valence-corrected chi connectivity index (χ4v) is 2.11. The molecule has 1 unspecified atom stereocenters. The van der Waals surface area contributed by atoms with E-state index >= 15 is 0 Å². The summed E-state index contributed by atoms with van der Waals surface area (Å²) in [7, 11) is 0. The average Bonchev–Trinajstić information content (AvgIpc) is 2.35. The number of nitro groups is 1. The molecule has 1 aromatic rings. The van der Waals surface area contributed by atoms with Crippen LogP contribution in [0.3, 0.4) is 0 Å². The Hall–Kier alpha value is -1.43. The number of hydrogen-bond acceptors (Lipinski definition) is 4. The summed E-state index contributed by atoms with van der Waals surface area (Å²) in [5.74, 6) is -0.00113. The number of carbonyl (C=O) groups excluding carboxylic acids is 1. The third-order valence-corrected chi connectivity index (χ3v) is 3.40. The average molecular weight is 330 g/mol. The van der Waals surface area contributed by atoms with Gasteiger partial charge < -0.3 is 4.74 Å². The molecule has 0 saturated carbocycles. The van der Waals surface area contributed by atoms with Crippen LogP contribution in [0, 0.1) is 23.0 Å².